The predicted molar refractivity (Wildman–Crippen MR) is 173 cm³/mol. The summed E-state index contributed by atoms with van der Waals surface area (Å²) in [6.45, 7) is 9.10. The monoisotopic (exact) mass is 659 g/mol. The fourth-order valence-corrected chi connectivity index (χ4v) is 6.16. The third kappa shape index (κ3) is 8.19. The molecule has 1 aliphatic heterocycles. The Morgan fingerprint density at radius 2 is 1.83 bits per heavy atom. The Kier molecular flexibility index (Phi) is 9.70. The number of alkyl carbamates (subject to hydrolysis) is 1. The van der Waals surface area contributed by atoms with E-state index in [1.807, 2.05) is 42.6 Å². The van der Waals surface area contributed by atoms with Crippen molar-refractivity contribution in [2.75, 3.05) is 6.54 Å². The molecule has 14 heteroatoms. The summed E-state index contributed by atoms with van der Waals surface area (Å²) in [5.74, 6) is -1.69. The molecular formula is C33H37N7O6S. The van der Waals surface area contributed by atoms with Crippen LogP contribution in [0.4, 0.5) is 4.79 Å². The SMILES string of the molecule is Cc1csc([C@H]2CCCN2C(=O)c2cc(C(=O)NNC(=O)[C@@](C)(Cc3ccccc3)NC(=O)OC(C)(C)C)nc(-c3ncco3)c2)n1. The molecule has 4 aromatic rings. The maximum absolute atomic E-state index is 13.9. The van der Waals surface area contributed by atoms with Crippen LogP contribution in [-0.4, -0.2) is 61.4 Å². The lowest BCUT2D eigenvalue weighted by Crippen LogP contribution is -2.61. The van der Waals surface area contributed by atoms with E-state index >= 15 is 0 Å². The van der Waals surface area contributed by atoms with Crippen molar-refractivity contribution in [1.82, 2.24) is 36.0 Å². The molecule has 0 aliphatic carbocycles. The van der Waals surface area contributed by atoms with Crippen LogP contribution in [0.25, 0.3) is 11.6 Å². The molecule has 0 unspecified atom stereocenters. The number of hydrogen-bond donors (Lipinski definition) is 3. The smallest absolute Gasteiger partial charge is 0.408 e. The van der Waals surface area contributed by atoms with Crippen molar-refractivity contribution in [2.24, 2.45) is 0 Å². The molecule has 0 spiro atoms. The second-order valence-corrected chi connectivity index (χ2v) is 13.4. The summed E-state index contributed by atoms with van der Waals surface area (Å²) >= 11 is 1.51. The number of nitrogens with zero attached hydrogens (tertiary/aromatic N) is 4. The van der Waals surface area contributed by atoms with Crippen molar-refractivity contribution in [3.8, 4) is 11.6 Å². The fourth-order valence-electron chi connectivity index (χ4n) is 5.22. The van der Waals surface area contributed by atoms with E-state index < -0.39 is 29.0 Å². The molecule has 246 valence electrons. The number of hydrazine groups is 1. The summed E-state index contributed by atoms with van der Waals surface area (Å²) in [4.78, 5) is 68.5. The van der Waals surface area contributed by atoms with Gasteiger partial charge in [0.15, 0.2) is 0 Å². The van der Waals surface area contributed by atoms with Gasteiger partial charge in [-0.3, -0.25) is 25.2 Å². The van der Waals surface area contributed by atoms with Gasteiger partial charge in [-0.25, -0.2) is 19.7 Å². The van der Waals surface area contributed by atoms with Crippen molar-refractivity contribution in [3.63, 3.8) is 0 Å². The van der Waals surface area contributed by atoms with Crippen LogP contribution >= 0.6 is 11.3 Å². The number of pyridine rings is 1. The van der Waals surface area contributed by atoms with Gasteiger partial charge in [0.05, 0.1) is 12.2 Å². The molecule has 0 saturated carbocycles. The first kappa shape index (κ1) is 33.3. The van der Waals surface area contributed by atoms with Gasteiger partial charge in [-0.1, -0.05) is 30.3 Å². The Bertz CT molecular complexity index is 1750. The van der Waals surface area contributed by atoms with Crippen molar-refractivity contribution in [3.05, 3.63) is 87.8 Å². The van der Waals surface area contributed by atoms with E-state index in [1.54, 1.807) is 25.7 Å². The molecule has 1 aliphatic rings. The molecule has 4 heterocycles. The van der Waals surface area contributed by atoms with Crippen molar-refractivity contribution >= 4 is 35.2 Å². The molecule has 47 heavy (non-hydrogen) atoms. The molecule has 0 bridgehead atoms. The molecule has 4 amide bonds. The third-order valence-corrected chi connectivity index (χ3v) is 8.42. The van der Waals surface area contributed by atoms with Crippen molar-refractivity contribution in [1.29, 1.82) is 0 Å². The quantitative estimate of drug-likeness (QED) is 0.226. The number of thiazole rings is 1. The standard InChI is InChI=1S/C33H37N7O6S/c1-20-19-47-28(35-20)25-12-9-14-40(25)29(42)22-16-23(36-24(17-22)27-34-13-15-45-27)26(41)38-39-30(43)33(5,18-21-10-7-6-8-11-21)37-31(44)46-32(2,3)4/h6-8,10-11,13,15-17,19,25H,9,12,14,18H2,1-5H3,(H,37,44)(H,38,41)(H,39,43)/t25-,33-/m1/s1. The van der Waals surface area contributed by atoms with Crippen LogP contribution in [0.1, 0.15) is 83.7 Å². The molecule has 0 radical (unpaired) electrons. The molecule has 2 atom stereocenters. The van der Waals surface area contributed by atoms with E-state index in [0.717, 1.165) is 29.1 Å². The second-order valence-electron chi connectivity index (χ2n) is 12.5. The van der Waals surface area contributed by atoms with Crippen LogP contribution in [0.3, 0.4) is 0 Å². The van der Waals surface area contributed by atoms with E-state index in [-0.39, 0.29) is 41.2 Å². The Morgan fingerprint density at radius 3 is 2.49 bits per heavy atom. The number of rotatable bonds is 8. The summed E-state index contributed by atoms with van der Waals surface area (Å²) in [5.41, 5.74) is 4.33. The summed E-state index contributed by atoms with van der Waals surface area (Å²) in [5, 5.41) is 5.46. The maximum atomic E-state index is 13.9. The Hall–Kier alpha value is -5.11. The number of carbonyl (C=O) groups is 4. The van der Waals surface area contributed by atoms with Gasteiger partial charge in [0.2, 0.25) is 5.89 Å². The number of oxazole rings is 1. The summed E-state index contributed by atoms with van der Waals surface area (Å²) in [7, 11) is 0. The van der Waals surface area contributed by atoms with Gasteiger partial charge in [0, 0.05) is 29.6 Å². The van der Waals surface area contributed by atoms with Gasteiger partial charge in [-0.2, -0.15) is 0 Å². The average Bonchev–Trinajstić information content (AvgIpc) is 3.81. The molecule has 3 N–H and O–H groups in total. The average molecular weight is 660 g/mol. The van der Waals surface area contributed by atoms with E-state index in [0.29, 0.717) is 6.54 Å². The molecule has 1 saturated heterocycles. The van der Waals surface area contributed by atoms with E-state index in [1.165, 1.54) is 42.9 Å². The minimum absolute atomic E-state index is 0.0982. The van der Waals surface area contributed by atoms with Crippen LogP contribution in [0.2, 0.25) is 0 Å². The highest BCUT2D eigenvalue weighted by Gasteiger charge is 2.38. The number of aryl methyl sites for hydroxylation is 1. The topological polar surface area (TPSA) is 169 Å². The first-order valence-corrected chi connectivity index (χ1v) is 16.0. The van der Waals surface area contributed by atoms with Gasteiger partial charge in [0.1, 0.15) is 33.8 Å². The van der Waals surface area contributed by atoms with Crippen molar-refractivity contribution in [2.45, 2.75) is 71.1 Å². The molecule has 13 nitrogen and oxygen atoms in total. The number of ether oxygens (including phenoxy) is 1. The lowest BCUT2D eigenvalue weighted by Gasteiger charge is -2.31. The minimum Gasteiger partial charge on any atom is -0.444 e. The lowest BCUT2D eigenvalue weighted by atomic mass is 9.92. The number of hydrogen-bond acceptors (Lipinski definition) is 10. The van der Waals surface area contributed by atoms with Crippen LogP contribution in [0.5, 0.6) is 0 Å². The molecule has 3 aromatic heterocycles. The van der Waals surface area contributed by atoms with E-state index in [9.17, 15) is 19.2 Å². The van der Waals surface area contributed by atoms with E-state index in [2.05, 4.69) is 31.1 Å². The van der Waals surface area contributed by atoms with Crippen LogP contribution in [-0.2, 0) is 16.0 Å². The zero-order valence-electron chi connectivity index (χ0n) is 26.8. The number of benzene rings is 1. The Labute approximate surface area is 276 Å². The van der Waals surface area contributed by atoms with Gasteiger partial charge < -0.3 is 19.4 Å². The number of likely N-dealkylation sites (tertiary alicyclic amines) is 1. The lowest BCUT2D eigenvalue weighted by molar-refractivity contribution is -0.127. The van der Waals surface area contributed by atoms with Gasteiger partial charge >= 0.3 is 6.09 Å². The van der Waals surface area contributed by atoms with Gasteiger partial charge in [-0.05, 0) is 65.2 Å². The second kappa shape index (κ2) is 13.7. The minimum atomic E-state index is -1.52. The van der Waals surface area contributed by atoms with Crippen LogP contribution in [0.15, 0.2) is 64.7 Å². The molecule has 1 aromatic carbocycles. The molecule has 5 rings (SSSR count). The molecule has 1 fully saturated rings. The van der Waals surface area contributed by atoms with E-state index in [4.69, 9.17) is 9.15 Å². The van der Waals surface area contributed by atoms with Gasteiger partial charge in [0.25, 0.3) is 17.7 Å². The first-order chi connectivity index (χ1) is 22.3. The van der Waals surface area contributed by atoms with Crippen LogP contribution in [0, 0.1) is 6.92 Å². The third-order valence-electron chi connectivity index (χ3n) is 7.36. The van der Waals surface area contributed by atoms with Crippen LogP contribution < -0.4 is 16.2 Å². The number of nitrogens with one attached hydrogen (secondary N) is 3. The highest BCUT2D eigenvalue weighted by atomic mass is 32.1. The van der Waals surface area contributed by atoms with Crippen molar-refractivity contribution < 1.29 is 28.3 Å². The highest BCUT2D eigenvalue weighted by Crippen LogP contribution is 2.35. The normalized spacial score (nSPS) is 15.9. The maximum Gasteiger partial charge on any atom is 0.408 e. The first-order valence-electron chi connectivity index (χ1n) is 15.1. The number of aromatic nitrogens is 3. The predicted octanol–water partition coefficient (Wildman–Crippen LogP) is 4.77. The van der Waals surface area contributed by atoms with Gasteiger partial charge in [-0.15, -0.1) is 11.3 Å². The zero-order chi connectivity index (χ0) is 33.8. The summed E-state index contributed by atoms with van der Waals surface area (Å²) < 4.78 is 10.8. The number of amides is 4. The highest BCUT2D eigenvalue weighted by molar-refractivity contribution is 7.09. The number of carbonyl (C=O) groups excluding carboxylic acids is 4. The Morgan fingerprint density at radius 1 is 1.06 bits per heavy atom. The largest absolute Gasteiger partial charge is 0.444 e. The Balaban J connectivity index is 1.37. The summed E-state index contributed by atoms with van der Waals surface area (Å²) in [6.07, 6.45) is 3.67. The summed E-state index contributed by atoms with van der Waals surface area (Å²) in [6, 6.07) is 11.8. The molecular weight excluding hydrogens is 622 g/mol. The fraction of sp³-hybridized carbons (Fsp3) is 0.364. The zero-order valence-corrected chi connectivity index (χ0v) is 27.6.